The number of aromatic hydroxyl groups is 1. The van der Waals surface area contributed by atoms with E-state index in [4.69, 9.17) is 0 Å². The van der Waals surface area contributed by atoms with Gasteiger partial charge >= 0.3 is 6.03 Å². The van der Waals surface area contributed by atoms with Crippen LogP contribution in [0.4, 0.5) is 4.79 Å². The highest BCUT2D eigenvalue weighted by molar-refractivity contribution is 7.99. The molecule has 7 heteroatoms. The van der Waals surface area contributed by atoms with E-state index in [1.807, 2.05) is 24.3 Å². The first-order valence-corrected chi connectivity index (χ1v) is 15.8. The first-order valence-electron chi connectivity index (χ1n) is 15.0. The number of benzene rings is 2. The molecule has 0 aromatic heterocycles. The molecule has 0 aliphatic heterocycles. The van der Waals surface area contributed by atoms with E-state index in [0.717, 1.165) is 22.6 Å². The van der Waals surface area contributed by atoms with Gasteiger partial charge in [-0.05, 0) is 55.0 Å². The Balaban J connectivity index is 1.40. The maximum Gasteiger partial charge on any atom is 0.333 e. The van der Waals surface area contributed by atoms with Crippen molar-refractivity contribution in [2.45, 2.75) is 119 Å². The Bertz CT molecular complexity index is 919. The molecule has 0 spiro atoms. The number of amides is 3. The Labute approximate surface area is 240 Å². The van der Waals surface area contributed by atoms with E-state index in [9.17, 15) is 14.7 Å². The van der Waals surface area contributed by atoms with Gasteiger partial charge in [0.25, 0.3) is 5.91 Å². The fraction of sp³-hybridized carbons (Fsp3) is 0.562. The third kappa shape index (κ3) is 16.1. The minimum atomic E-state index is -0.399. The van der Waals surface area contributed by atoms with Crippen LogP contribution in [0.5, 0.6) is 5.75 Å². The number of carbonyl (C=O) groups excluding carboxylic acids is 2. The summed E-state index contributed by atoms with van der Waals surface area (Å²) in [5.41, 5.74) is 5.32. The van der Waals surface area contributed by atoms with E-state index in [1.165, 1.54) is 102 Å². The largest absolute Gasteiger partial charge is 0.508 e. The molecule has 2 rings (SSSR count). The molecule has 39 heavy (non-hydrogen) atoms. The van der Waals surface area contributed by atoms with E-state index in [2.05, 4.69) is 23.1 Å². The molecule has 0 atom stereocenters. The van der Waals surface area contributed by atoms with Gasteiger partial charge in [-0.3, -0.25) is 10.2 Å². The first kappa shape index (κ1) is 32.5. The number of hydrogen-bond acceptors (Lipinski definition) is 4. The van der Waals surface area contributed by atoms with Crippen molar-refractivity contribution in [3.05, 3.63) is 54.1 Å². The topological polar surface area (TPSA) is 90.5 Å². The summed E-state index contributed by atoms with van der Waals surface area (Å²) in [7, 11) is 0. The monoisotopic (exact) mass is 555 g/mol. The Morgan fingerprint density at radius 2 is 1.05 bits per heavy atom. The third-order valence-electron chi connectivity index (χ3n) is 6.79. The number of hydrogen-bond donors (Lipinski definition) is 4. The molecule has 0 aliphatic carbocycles. The van der Waals surface area contributed by atoms with Gasteiger partial charge in [-0.25, -0.2) is 10.2 Å². The molecule has 0 bridgehead atoms. The number of phenols is 1. The summed E-state index contributed by atoms with van der Waals surface area (Å²) < 4.78 is 0. The second-order valence-electron chi connectivity index (χ2n) is 10.3. The zero-order chi connectivity index (χ0) is 28.0. The Kier molecular flexibility index (Phi) is 17.7. The van der Waals surface area contributed by atoms with Crippen molar-refractivity contribution < 1.29 is 14.7 Å². The molecule has 0 unspecified atom stereocenters. The Morgan fingerprint density at radius 1 is 0.615 bits per heavy atom. The number of unbranched alkanes of at least 4 members (excludes halogenated alkanes) is 15. The lowest BCUT2D eigenvalue weighted by atomic mass is 10.0. The van der Waals surface area contributed by atoms with Crippen molar-refractivity contribution in [3.63, 3.8) is 0 Å². The third-order valence-corrected chi connectivity index (χ3v) is 7.81. The lowest BCUT2D eigenvalue weighted by molar-refractivity contribution is 0.0936. The molecule has 2 aromatic rings. The molecule has 0 fully saturated rings. The van der Waals surface area contributed by atoms with Gasteiger partial charge in [-0.2, -0.15) is 0 Å². The van der Waals surface area contributed by atoms with Gasteiger partial charge in [0.1, 0.15) is 5.75 Å². The SMILES string of the molecule is CCCCCCCCCCCCCCCCCCNC(=O)NNC(=O)c1ccc(Sc2ccc(O)cc2)cc1. The van der Waals surface area contributed by atoms with Gasteiger partial charge in [0.15, 0.2) is 0 Å². The van der Waals surface area contributed by atoms with Crippen molar-refractivity contribution in [1.29, 1.82) is 0 Å². The number of carbonyl (C=O) groups is 2. The summed E-state index contributed by atoms with van der Waals surface area (Å²) in [6.45, 7) is 2.87. The van der Waals surface area contributed by atoms with E-state index in [-0.39, 0.29) is 11.7 Å². The first-order chi connectivity index (χ1) is 19.1. The molecule has 3 amide bonds. The lowest BCUT2D eigenvalue weighted by Gasteiger charge is -2.09. The summed E-state index contributed by atoms with van der Waals surface area (Å²) in [6.07, 6.45) is 21.1. The molecular weight excluding hydrogens is 506 g/mol. The van der Waals surface area contributed by atoms with Crippen LogP contribution in [0.15, 0.2) is 58.3 Å². The second-order valence-corrected chi connectivity index (χ2v) is 11.4. The van der Waals surface area contributed by atoms with Crippen LogP contribution >= 0.6 is 11.8 Å². The van der Waals surface area contributed by atoms with Crippen LogP contribution < -0.4 is 16.2 Å². The van der Waals surface area contributed by atoms with Crippen LogP contribution in [0.3, 0.4) is 0 Å². The van der Waals surface area contributed by atoms with Crippen molar-refractivity contribution >= 4 is 23.7 Å². The van der Waals surface area contributed by atoms with E-state index < -0.39 is 6.03 Å². The highest BCUT2D eigenvalue weighted by Gasteiger charge is 2.07. The number of urea groups is 1. The average molecular weight is 556 g/mol. The zero-order valence-corrected chi connectivity index (χ0v) is 24.6. The number of phenolic OH excluding ortho intramolecular Hbond substituents is 1. The predicted octanol–water partition coefficient (Wildman–Crippen LogP) is 8.75. The Hall–Kier alpha value is -2.67. The average Bonchev–Trinajstić information content (AvgIpc) is 2.95. The smallest absolute Gasteiger partial charge is 0.333 e. The molecule has 0 aliphatic rings. The maximum atomic E-state index is 12.3. The van der Waals surface area contributed by atoms with Gasteiger partial charge in [0.05, 0.1) is 0 Å². The number of hydrazine groups is 1. The van der Waals surface area contributed by atoms with Crippen LogP contribution in [-0.2, 0) is 0 Å². The van der Waals surface area contributed by atoms with Gasteiger partial charge < -0.3 is 10.4 Å². The van der Waals surface area contributed by atoms with Crippen molar-refractivity contribution in [1.82, 2.24) is 16.2 Å². The van der Waals surface area contributed by atoms with Gasteiger partial charge in [0, 0.05) is 21.9 Å². The zero-order valence-electron chi connectivity index (χ0n) is 23.8. The molecular formula is C32H49N3O3S. The normalized spacial score (nSPS) is 10.8. The number of nitrogens with one attached hydrogen (secondary N) is 3. The van der Waals surface area contributed by atoms with Crippen LogP contribution in [-0.4, -0.2) is 23.6 Å². The summed E-state index contributed by atoms with van der Waals surface area (Å²) in [5.74, 6) is -0.137. The minimum absolute atomic E-state index is 0.230. The van der Waals surface area contributed by atoms with E-state index in [1.54, 1.807) is 24.3 Å². The fourth-order valence-corrected chi connectivity index (χ4v) is 5.25. The van der Waals surface area contributed by atoms with Gasteiger partial charge in [-0.1, -0.05) is 115 Å². The van der Waals surface area contributed by atoms with E-state index in [0.29, 0.717) is 12.1 Å². The lowest BCUT2D eigenvalue weighted by Crippen LogP contribution is -2.47. The second kappa shape index (κ2) is 21.2. The summed E-state index contributed by atoms with van der Waals surface area (Å²) >= 11 is 1.54. The van der Waals surface area contributed by atoms with Crippen LogP contribution in [0.2, 0.25) is 0 Å². The molecule has 0 radical (unpaired) electrons. The van der Waals surface area contributed by atoms with Crippen molar-refractivity contribution in [3.8, 4) is 5.75 Å². The summed E-state index contributed by atoms with van der Waals surface area (Å²) in [6, 6.07) is 13.7. The van der Waals surface area contributed by atoms with Crippen LogP contribution in [0.1, 0.15) is 120 Å². The van der Waals surface area contributed by atoms with Gasteiger partial charge in [0.2, 0.25) is 0 Å². The summed E-state index contributed by atoms with van der Waals surface area (Å²) in [5, 5.41) is 12.2. The number of rotatable bonds is 20. The minimum Gasteiger partial charge on any atom is -0.508 e. The maximum absolute atomic E-state index is 12.3. The molecule has 216 valence electrons. The van der Waals surface area contributed by atoms with Crippen LogP contribution in [0.25, 0.3) is 0 Å². The van der Waals surface area contributed by atoms with Crippen molar-refractivity contribution in [2.24, 2.45) is 0 Å². The van der Waals surface area contributed by atoms with E-state index >= 15 is 0 Å². The summed E-state index contributed by atoms with van der Waals surface area (Å²) in [4.78, 5) is 26.2. The van der Waals surface area contributed by atoms with Gasteiger partial charge in [-0.15, -0.1) is 0 Å². The van der Waals surface area contributed by atoms with Crippen LogP contribution in [0, 0.1) is 0 Å². The molecule has 2 aromatic carbocycles. The molecule has 6 nitrogen and oxygen atoms in total. The molecule has 0 heterocycles. The molecule has 0 saturated carbocycles. The highest BCUT2D eigenvalue weighted by atomic mass is 32.2. The van der Waals surface area contributed by atoms with Crippen molar-refractivity contribution in [2.75, 3.05) is 6.54 Å². The molecule has 4 N–H and O–H groups in total. The standard InChI is InChI=1S/C32H49N3O3S/c1-2-3-4-5-6-7-8-9-10-11-12-13-14-15-16-17-26-33-32(38)35-34-31(37)27-18-22-29(23-19-27)39-30-24-20-28(36)21-25-30/h18-25,36H,2-17,26H2,1H3,(H,34,37)(H2,33,35,38). The molecule has 0 saturated heterocycles. The highest BCUT2D eigenvalue weighted by Crippen LogP contribution is 2.28. The fourth-order valence-electron chi connectivity index (χ4n) is 4.43. The Morgan fingerprint density at radius 3 is 1.54 bits per heavy atom. The predicted molar refractivity (Wildman–Crippen MR) is 162 cm³/mol. The quantitative estimate of drug-likeness (QED) is 0.0971.